The van der Waals surface area contributed by atoms with Gasteiger partial charge >= 0.3 is 0 Å². The molecule has 3 nitrogen and oxygen atoms in total. The van der Waals surface area contributed by atoms with E-state index in [4.69, 9.17) is 11.6 Å². The van der Waals surface area contributed by atoms with Crippen LogP contribution in [0.1, 0.15) is 13.0 Å². The molecule has 4 heteroatoms. The highest BCUT2D eigenvalue weighted by Gasteiger charge is 2.16. The molecule has 1 unspecified atom stereocenters. The zero-order valence-electron chi connectivity index (χ0n) is 16.4. The van der Waals surface area contributed by atoms with Gasteiger partial charge in [-0.05, 0) is 44.8 Å². The van der Waals surface area contributed by atoms with E-state index in [1.54, 1.807) is 0 Å². The molecule has 2 heterocycles. The fourth-order valence-electron chi connectivity index (χ4n) is 3.81. The Balaban J connectivity index is 1.85. The third kappa shape index (κ3) is 3.68. The van der Waals surface area contributed by atoms with Gasteiger partial charge in [0.25, 0.3) is 0 Å². The molecule has 28 heavy (non-hydrogen) atoms. The van der Waals surface area contributed by atoms with Gasteiger partial charge in [-0.1, -0.05) is 48.0 Å². The number of hydrogen-bond donors (Lipinski definition) is 0. The fourth-order valence-corrected chi connectivity index (χ4v) is 3.98. The summed E-state index contributed by atoms with van der Waals surface area (Å²) in [7, 11) is 4.20. The molecule has 0 N–H and O–H groups in total. The highest BCUT2D eigenvalue weighted by atomic mass is 35.5. The molecule has 4 rings (SSSR count). The molecular weight excluding hydrogens is 366 g/mol. The van der Waals surface area contributed by atoms with Gasteiger partial charge in [-0.15, -0.1) is 0 Å². The summed E-state index contributed by atoms with van der Waals surface area (Å²) < 4.78 is 2.33. The Morgan fingerprint density at radius 1 is 0.964 bits per heavy atom. The number of pyridine rings is 1. The summed E-state index contributed by atoms with van der Waals surface area (Å²) in [6.07, 6.45) is 6.10. The SMILES string of the molecule is CC(CN(C)C)n1cc(-c2cncc(-c3ccccc3)c2)c2ccc(Cl)cc21. The summed E-state index contributed by atoms with van der Waals surface area (Å²) in [6.45, 7) is 3.20. The van der Waals surface area contributed by atoms with Crippen LogP contribution in [0.15, 0.2) is 73.2 Å². The molecule has 0 aliphatic rings. The van der Waals surface area contributed by atoms with E-state index in [1.165, 1.54) is 16.5 Å². The van der Waals surface area contributed by atoms with E-state index in [9.17, 15) is 0 Å². The van der Waals surface area contributed by atoms with Gasteiger partial charge in [0.1, 0.15) is 0 Å². The van der Waals surface area contributed by atoms with Gasteiger partial charge in [0.2, 0.25) is 0 Å². The van der Waals surface area contributed by atoms with Crippen molar-refractivity contribution in [3.05, 3.63) is 78.2 Å². The van der Waals surface area contributed by atoms with Crippen LogP contribution in [-0.2, 0) is 0 Å². The molecule has 4 aromatic rings. The Hall–Kier alpha value is -2.62. The molecule has 0 radical (unpaired) electrons. The quantitative estimate of drug-likeness (QED) is 0.408. The van der Waals surface area contributed by atoms with Crippen LogP contribution in [0.2, 0.25) is 5.02 Å². The van der Waals surface area contributed by atoms with Gasteiger partial charge < -0.3 is 9.47 Å². The summed E-state index contributed by atoms with van der Waals surface area (Å²) in [5.74, 6) is 0. The molecule has 2 aromatic carbocycles. The first-order chi connectivity index (χ1) is 13.5. The van der Waals surface area contributed by atoms with Gasteiger partial charge in [0, 0.05) is 58.3 Å². The van der Waals surface area contributed by atoms with Crippen molar-refractivity contribution < 1.29 is 0 Å². The number of rotatable bonds is 5. The van der Waals surface area contributed by atoms with Crippen LogP contribution in [0.25, 0.3) is 33.2 Å². The van der Waals surface area contributed by atoms with Crippen LogP contribution in [0.4, 0.5) is 0 Å². The third-order valence-electron chi connectivity index (χ3n) is 5.06. The van der Waals surface area contributed by atoms with Gasteiger partial charge in [-0.3, -0.25) is 4.98 Å². The van der Waals surface area contributed by atoms with Crippen molar-refractivity contribution in [1.29, 1.82) is 0 Å². The number of likely N-dealkylation sites (N-methyl/N-ethyl adjacent to an activating group) is 1. The number of benzene rings is 2. The standard InChI is InChI=1S/C24H24ClN3/c1-17(15-27(2)3)28-16-23(22-10-9-21(25)12-24(22)28)20-11-19(13-26-14-20)18-7-5-4-6-8-18/h4-14,16-17H,15H2,1-3H3. The molecule has 0 spiro atoms. The zero-order chi connectivity index (χ0) is 19.7. The minimum atomic E-state index is 0.329. The molecule has 0 aliphatic carbocycles. The molecule has 0 fully saturated rings. The maximum Gasteiger partial charge on any atom is 0.0504 e. The average Bonchev–Trinajstić information content (AvgIpc) is 3.07. The Labute approximate surface area is 171 Å². The number of halogens is 1. The van der Waals surface area contributed by atoms with Gasteiger partial charge in [-0.2, -0.15) is 0 Å². The number of fused-ring (bicyclic) bond motifs is 1. The average molecular weight is 390 g/mol. The van der Waals surface area contributed by atoms with E-state index < -0.39 is 0 Å². The van der Waals surface area contributed by atoms with Crippen molar-refractivity contribution in [2.24, 2.45) is 0 Å². The summed E-state index contributed by atoms with van der Waals surface area (Å²) in [5, 5.41) is 1.95. The van der Waals surface area contributed by atoms with Crippen molar-refractivity contribution in [3.8, 4) is 22.3 Å². The van der Waals surface area contributed by atoms with Crippen molar-refractivity contribution in [3.63, 3.8) is 0 Å². The van der Waals surface area contributed by atoms with Gasteiger partial charge in [0.15, 0.2) is 0 Å². The molecule has 1 atom stereocenters. The Morgan fingerprint density at radius 2 is 1.71 bits per heavy atom. The lowest BCUT2D eigenvalue weighted by atomic mass is 10.0. The summed E-state index contributed by atoms with van der Waals surface area (Å²) in [6, 6.07) is 19.0. The first kappa shape index (κ1) is 18.7. The van der Waals surface area contributed by atoms with Crippen molar-refractivity contribution >= 4 is 22.5 Å². The van der Waals surface area contributed by atoms with Crippen LogP contribution in [0, 0.1) is 0 Å². The lowest BCUT2D eigenvalue weighted by Gasteiger charge is -2.19. The van der Waals surface area contributed by atoms with Gasteiger partial charge in [-0.25, -0.2) is 0 Å². The van der Waals surface area contributed by atoms with E-state index in [-0.39, 0.29) is 0 Å². The molecular formula is C24H24ClN3. The maximum atomic E-state index is 6.33. The van der Waals surface area contributed by atoms with Gasteiger partial charge in [0.05, 0.1) is 5.52 Å². The topological polar surface area (TPSA) is 21.1 Å². The van der Waals surface area contributed by atoms with E-state index >= 15 is 0 Å². The highest BCUT2D eigenvalue weighted by molar-refractivity contribution is 6.31. The van der Waals surface area contributed by atoms with Crippen LogP contribution in [0.3, 0.4) is 0 Å². The third-order valence-corrected chi connectivity index (χ3v) is 5.29. The predicted octanol–water partition coefficient (Wildman–Crippen LogP) is 6.15. The Bertz CT molecular complexity index is 1100. The first-order valence-corrected chi connectivity index (χ1v) is 9.86. The second kappa shape index (κ2) is 7.78. The van der Waals surface area contributed by atoms with Crippen LogP contribution in [0.5, 0.6) is 0 Å². The molecule has 0 bridgehead atoms. The second-order valence-electron chi connectivity index (χ2n) is 7.55. The molecule has 0 aliphatic heterocycles. The highest BCUT2D eigenvalue weighted by Crippen LogP contribution is 2.35. The smallest absolute Gasteiger partial charge is 0.0504 e. The number of aromatic nitrogens is 2. The largest absolute Gasteiger partial charge is 0.343 e. The minimum absolute atomic E-state index is 0.329. The van der Waals surface area contributed by atoms with Crippen molar-refractivity contribution in [1.82, 2.24) is 14.5 Å². The van der Waals surface area contributed by atoms with E-state index in [1.807, 2.05) is 24.5 Å². The lowest BCUT2D eigenvalue weighted by Crippen LogP contribution is -2.21. The summed E-state index contributed by atoms with van der Waals surface area (Å²) >= 11 is 6.33. The fraction of sp³-hybridized carbons (Fsp3) is 0.208. The van der Waals surface area contributed by atoms with Crippen LogP contribution >= 0.6 is 11.6 Å². The number of hydrogen-bond acceptors (Lipinski definition) is 2. The van der Waals surface area contributed by atoms with Crippen LogP contribution < -0.4 is 0 Å². The molecule has 2 aromatic heterocycles. The Kier molecular flexibility index (Phi) is 5.21. The normalized spacial score (nSPS) is 12.6. The first-order valence-electron chi connectivity index (χ1n) is 9.48. The van der Waals surface area contributed by atoms with E-state index in [2.05, 4.69) is 84.1 Å². The van der Waals surface area contributed by atoms with E-state index in [0.717, 1.165) is 28.2 Å². The second-order valence-corrected chi connectivity index (χ2v) is 7.99. The molecule has 0 saturated heterocycles. The van der Waals surface area contributed by atoms with Crippen molar-refractivity contribution in [2.45, 2.75) is 13.0 Å². The summed E-state index contributed by atoms with van der Waals surface area (Å²) in [5.41, 5.74) is 5.74. The predicted molar refractivity (Wildman–Crippen MR) is 119 cm³/mol. The molecule has 0 amide bonds. The Morgan fingerprint density at radius 3 is 2.46 bits per heavy atom. The maximum absolute atomic E-state index is 6.33. The van der Waals surface area contributed by atoms with E-state index in [0.29, 0.717) is 6.04 Å². The summed E-state index contributed by atoms with van der Waals surface area (Å²) in [4.78, 5) is 6.73. The molecule has 0 saturated carbocycles. The lowest BCUT2D eigenvalue weighted by molar-refractivity contribution is 0.341. The monoisotopic (exact) mass is 389 g/mol. The number of nitrogens with zero attached hydrogens (tertiary/aromatic N) is 3. The zero-order valence-corrected chi connectivity index (χ0v) is 17.2. The minimum Gasteiger partial charge on any atom is -0.343 e. The van der Waals surface area contributed by atoms with Crippen LogP contribution in [-0.4, -0.2) is 35.1 Å². The molecule has 142 valence electrons. The van der Waals surface area contributed by atoms with Crippen molar-refractivity contribution in [2.75, 3.05) is 20.6 Å².